The van der Waals surface area contributed by atoms with Gasteiger partial charge >= 0.3 is 0 Å². The van der Waals surface area contributed by atoms with Crippen molar-refractivity contribution in [3.8, 4) is 11.5 Å². The molecule has 0 saturated heterocycles. The largest absolute Gasteiger partial charge is 0.496 e. The Bertz CT molecular complexity index is 680. The van der Waals surface area contributed by atoms with E-state index in [0.717, 1.165) is 24.3 Å². The molecule has 0 aliphatic rings. The quantitative estimate of drug-likeness (QED) is 0.647. The number of methoxy groups -OCH3 is 2. The molecule has 0 amide bonds. The highest BCUT2D eigenvalue weighted by molar-refractivity contribution is 5.43. The fraction of sp³-hybridized carbons (Fsp3) is 0.500. The Morgan fingerprint density at radius 2 is 0.962 bits per heavy atom. The zero-order valence-corrected chi connectivity index (χ0v) is 17.7. The van der Waals surface area contributed by atoms with Crippen molar-refractivity contribution >= 4 is 0 Å². The van der Waals surface area contributed by atoms with Crippen LogP contribution in [-0.2, 0) is 23.7 Å². The van der Waals surface area contributed by atoms with Gasteiger partial charge in [0.25, 0.3) is 0 Å². The van der Waals surface area contributed by atoms with E-state index in [-0.39, 0.29) is 10.8 Å². The summed E-state index contributed by atoms with van der Waals surface area (Å²) in [5.74, 6) is 1.95. The van der Waals surface area contributed by atoms with Crippen LogP contribution in [0.25, 0.3) is 0 Å². The molecule has 2 aromatic carbocycles. The van der Waals surface area contributed by atoms with Gasteiger partial charge < -0.3 is 9.47 Å². The van der Waals surface area contributed by atoms with E-state index in [1.54, 1.807) is 14.2 Å². The Hall–Kier alpha value is -1.96. The normalized spacial score (nSPS) is 12.2. The molecule has 2 heteroatoms. The Labute approximate surface area is 159 Å². The second-order valence-corrected chi connectivity index (χ2v) is 9.05. The first-order valence-electron chi connectivity index (χ1n) is 9.41. The first-order valence-corrected chi connectivity index (χ1v) is 9.41. The van der Waals surface area contributed by atoms with Crippen LogP contribution >= 0.6 is 0 Å². The Balaban J connectivity index is 2.23. The predicted octanol–water partition coefficient (Wildman–Crippen LogP) is 6.08. The molecule has 0 saturated carbocycles. The highest BCUT2D eigenvalue weighted by Crippen LogP contribution is 2.32. The van der Waals surface area contributed by atoms with Gasteiger partial charge in [0.1, 0.15) is 11.5 Å². The Kier molecular flexibility index (Phi) is 6.05. The average Bonchev–Trinajstić information content (AvgIpc) is 2.57. The lowest BCUT2D eigenvalue weighted by Gasteiger charge is -2.22. The number of aryl methyl sites for hydroxylation is 2. The van der Waals surface area contributed by atoms with E-state index in [4.69, 9.17) is 9.47 Å². The van der Waals surface area contributed by atoms with E-state index in [1.165, 1.54) is 22.3 Å². The smallest absolute Gasteiger partial charge is 0.122 e. The molecular weight excluding hydrogens is 320 g/mol. The van der Waals surface area contributed by atoms with Gasteiger partial charge in [0.05, 0.1) is 14.2 Å². The van der Waals surface area contributed by atoms with Crippen molar-refractivity contribution in [1.29, 1.82) is 0 Å². The zero-order valence-electron chi connectivity index (χ0n) is 17.7. The summed E-state index contributed by atoms with van der Waals surface area (Å²) in [6.45, 7) is 13.4. The summed E-state index contributed by atoms with van der Waals surface area (Å²) in [5.41, 5.74) is 5.32. The van der Waals surface area contributed by atoms with Crippen LogP contribution in [-0.4, -0.2) is 14.2 Å². The van der Waals surface area contributed by atoms with Gasteiger partial charge in [0.2, 0.25) is 0 Å². The Morgan fingerprint density at radius 1 is 0.615 bits per heavy atom. The van der Waals surface area contributed by atoms with Gasteiger partial charge in [0.15, 0.2) is 0 Å². The summed E-state index contributed by atoms with van der Waals surface area (Å²) < 4.78 is 11.3. The number of hydrogen-bond acceptors (Lipinski definition) is 2. The van der Waals surface area contributed by atoms with E-state index in [1.807, 2.05) is 0 Å². The third-order valence-corrected chi connectivity index (χ3v) is 4.97. The lowest BCUT2D eigenvalue weighted by atomic mass is 9.85. The summed E-state index contributed by atoms with van der Waals surface area (Å²) in [6, 6.07) is 13.2. The number of benzene rings is 2. The fourth-order valence-electron chi connectivity index (χ4n) is 3.10. The Morgan fingerprint density at radius 3 is 1.23 bits per heavy atom. The van der Waals surface area contributed by atoms with Gasteiger partial charge in [-0.05, 0) is 58.1 Å². The molecule has 0 aliphatic heterocycles. The van der Waals surface area contributed by atoms with E-state index in [2.05, 4.69) is 77.9 Å². The molecule has 26 heavy (non-hydrogen) atoms. The van der Waals surface area contributed by atoms with Gasteiger partial charge in [0, 0.05) is 0 Å². The number of ether oxygens (including phenoxy) is 2. The maximum atomic E-state index is 5.66. The molecule has 0 spiro atoms. The third-order valence-electron chi connectivity index (χ3n) is 4.97. The summed E-state index contributed by atoms with van der Waals surface area (Å²) in [7, 11) is 3.51. The minimum Gasteiger partial charge on any atom is -0.496 e. The number of rotatable bonds is 5. The fourth-order valence-corrected chi connectivity index (χ4v) is 3.10. The second kappa shape index (κ2) is 7.73. The van der Waals surface area contributed by atoms with E-state index >= 15 is 0 Å². The predicted molar refractivity (Wildman–Crippen MR) is 111 cm³/mol. The van der Waals surface area contributed by atoms with E-state index < -0.39 is 0 Å². The van der Waals surface area contributed by atoms with Gasteiger partial charge in [-0.1, -0.05) is 65.8 Å². The van der Waals surface area contributed by atoms with Gasteiger partial charge in [-0.15, -0.1) is 0 Å². The average molecular weight is 355 g/mol. The van der Waals surface area contributed by atoms with Gasteiger partial charge in [-0.2, -0.15) is 0 Å². The molecule has 2 nitrogen and oxygen atoms in total. The molecule has 0 unspecified atom stereocenters. The summed E-state index contributed by atoms with van der Waals surface area (Å²) in [5, 5.41) is 0. The molecule has 142 valence electrons. The molecule has 0 heterocycles. The highest BCUT2D eigenvalue weighted by atomic mass is 16.5. The van der Waals surface area contributed by atoms with Crippen molar-refractivity contribution in [1.82, 2.24) is 0 Å². The van der Waals surface area contributed by atoms with Crippen LogP contribution in [0.1, 0.15) is 63.8 Å². The highest BCUT2D eigenvalue weighted by Gasteiger charge is 2.18. The molecule has 0 bridgehead atoms. The van der Waals surface area contributed by atoms with Crippen molar-refractivity contribution in [3.63, 3.8) is 0 Å². The van der Waals surface area contributed by atoms with Crippen molar-refractivity contribution in [2.45, 2.75) is 65.2 Å². The van der Waals surface area contributed by atoms with Crippen LogP contribution in [0.4, 0.5) is 0 Å². The van der Waals surface area contributed by atoms with Gasteiger partial charge in [-0.3, -0.25) is 0 Å². The molecule has 0 radical (unpaired) electrons. The SMILES string of the molecule is COc1cc(C(C)(C)C)ccc1CCc1ccc(C(C)(C)C)cc1OC. The molecule has 0 aliphatic carbocycles. The van der Waals surface area contributed by atoms with Crippen LogP contribution < -0.4 is 9.47 Å². The summed E-state index contributed by atoms with van der Waals surface area (Å²) in [6.07, 6.45) is 1.86. The molecule has 2 aromatic rings. The zero-order chi connectivity index (χ0) is 19.5. The van der Waals surface area contributed by atoms with Crippen LogP contribution in [0.3, 0.4) is 0 Å². The molecule has 2 rings (SSSR count). The van der Waals surface area contributed by atoms with Crippen molar-refractivity contribution in [2.24, 2.45) is 0 Å². The number of hydrogen-bond donors (Lipinski definition) is 0. The first kappa shape index (κ1) is 20.4. The first-order chi connectivity index (χ1) is 12.1. The van der Waals surface area contributed by atoms with Crippen LogP contribution in [0, 0.1) is 0 Å². The monoisotopic (exact) mass is 354 g/mol. The van der Waals surface area contributed by atoms with Crippen molar-refractivity contribution in [2.75, 3.05) is 14.2 Å². The molecule has 0 fully saturated rings. The molecule has 0 aromatic heterocycles. The molecule has 0 atom stereocenters. The topological polar surface area (TPSA) is 18.5 Å². The summed E-state index contributed by atoms with van der Waals surface area (Å²) in [4.78, 5) is 0. The van der Waals surface area contributed by atoms with Crippen LogP contribution in [0.5, 0.6) is 11.5 Å². The lowest BCUT2D eigenvalue weighted by molar-refractivity contribution is 0.403. The minimum atomic E-state index is 0.123. The van der Waals surface area contributed by atoms with Crippen LogP contribution in [0.15, 0.2) is 36.4 Å². The van der Waals surface area contributed by atoms with Crippen LogP contribution in [0.2, 0.25) is 0 Å². The van der Waals surface area contributed by atoms with Crippen molar-refractivity contribution < 1.29 is 9.47 Å². The molecule has 0 N–H and O–H groups in total. The standard InChI is InChI=1S/C24H34O2/c1-23(2,3)19-13-11-17(21(15-19)25-7)9-10-18-12-14-20(24(4,5)6)16-22(18)26-8/h11-16H,9-10H2,1-8H3. The van der Waals surface area contributed by atoms with E-state index in [0.29, 0.717) is 0 Å². The maximum Gasteiger partial charge on any atom is 0.122 e. The minimum absolute atomic E-state index is 0.123. The summed E-state index contributed by atoms with van der Waals surface area (Å²) >= 11 is 0. The second-order valence-electron chi connectivity index (χ2n) is 9.05. The van der Waals surface area contributed by atoms with Crippen molar-refractivity contribution in [3.05, 3.63) is 58.7 Å². The third kappa shape index (κ3) is 4.81. The van der Waals surface area contributed by atoms with Gasteiger partial charge in [-0.25, -0.2) is 0 Å². The lowest BCUT2D eigenvalue weighted by Crippen LogP contribution is -2.12. The maximum absolute atomic E-state index is 5.66. The van der Waals surface area contributed by atoms with E-state index in [9.17, 15) is 0 Å². The molecular formula is C24H34O2.